The predicted octanol–water partition coefficient (Wildman–Crippen LogP) is 3.17. The molecule has 29 heavy (non-hydrogen) atoms. The van der Waals surface area contributed by atoms with E-state index in [1.165, 1.54) is 5.69 Å². The lowest BCUT2D eigenvalue weighted by molar-refractivity contribution is 0.0773. The minimum atomic E-state index is -0.216. The van der Waals surface area contributed by atoms with Crippen LogP contribution in [0.25, 0.3) is 0 Å². The lowest BCUT2D eigenvalue weighted by atomic mass is 10.1. The van der Waals surface area contributed by atoms with Gasteiger partial charge in [0, 0.05) is 61.8 Å². The number of likely N-dealkylation sites (N-methyl/N-ethyl adjacent to an activating group) is 1. The van der Waals surface area contributed by atoms with Crippen LogP contribution in [-0.2, 0) is 0 Å². The van der Waals surface area contributed by atoms with Gasteiger partial charge in [-0.05, 0) is 63.4 Å². The maximum absolute atomic E-state index is 12.7. The normalized spacial score (nSPS) is 14.5. The van der Waals surface area contributed by atoms with Crippen molar-refractivity contribution in [3.05, 3.63) is 59.7 Å². The number of amides is 2. The largest absolute Gasteiger partial charge is 0.369 e. The first kappa shape index (κ1) is 20.9. The van der Waals surface area contributed by atoms with E-state index in [4.69, 9.17) is 0 Å². The van der Waals surface area contributed by atoms with Crippen molar-refractivity contribution in [3.63, 3.8) is 0 Å². The number of rotatable bonds is 6. The number of hydrogen-bond acceptors (Lipinski definition) is 4. The molecule has 2 aromatic carbocycles. The number of anilines is 2. The van der Waals surface area contributed by atoms with E-state index in [9.17, 15) is 9.59 Å². The molecule has 0 aromatic heterocycles. The molecule has 1 saturated heterocycles. The lowest BCUT2D eigenvalue weighted by Gasteiger charge is -2.34. The molecule has 1 heterocycles. The smallest absolute Gasteiger partial charge is 0.255 e. The second-order valence-corrected chi connectivity index (χ2v) is 7.35. The molecule has 0 saturated carbocycles. The van der Waals surface area contributed by atoms with Crippen molar-refractivity contribution in [2.75, 3.05) is 56.5 Å². The third-order valence-corrected chi connectivity index (χ3v) is 5.42. The zero-order valence-corrected chi connectivity index (χ0v) is 17.5. The van der Waals surface area contributed by atoms with Gasteiger partial charge >= 0.3 is 0 Å². The zero-order chi connectivity index (χ0) is 20.8. The van der Waals surface area contributed by atoms with Gasteiger partial charge in [0.15, 0.2) is 0 Å². The topological polar surface area (TPSA) is 55.9 Å². The summed E-state index contributed by atoms with van der Waals surface area (Å²) in [4.78, 5) is 31.6. The van der Waals surface area contributed by atoms with Crippen molar-refractivity contribution in [3.8, 4) is 0 Å². The molecule has 6 nitrogen and oxygen atoms in total. The van der Waals surface area contributed by atoms with Crippen molar-refractivity contribution < 1.29 is 9.59 Å². The molecule has 3 rings (SSSR count). The average Bonchev–Trinajstić information content (AvgIpc) is 2.76. The van der Waals surface area contributed by atoms with Gasteiger partial charge in [0.25, 0.3) is 11.8 Å². The molecule has 1 N–H and O–H groups in total. The van der Waals surface area contributed by atoms with Crippen molar-refractivity contribution in [1.29, 1.82) is 0 Å². The summed E-state index contributed by atoms with van der Waals surface area (Å²) in [6.07, 6.45) is 0. The van der Waals surface area contributed by atoms with Gasteiger partial charge in [-0.3, -0.25) is 9.59 Å². The summed E-state index contributed by atoms with van der Waals surface area (Å²) in [7, 11) is 2.14. The SMILES string of the molecule is CCN(CC)C(=O)c1cccc(C(=O)Nc2ccc(N3CCN(C)CC3)cc2)c1. The average molecular weight is 395 g/mol. The molecule has 0 atom stereocenters. The second kappa shape index (κ2) is 9.56. The highest BCUT2D eigenvalue weighted by Crippen LogP contribution is 2.20. The Balaban J connectivity index is 1.66. The predicted molar refractivity (Wildman–Crippen MR) is 118 cm³/mol. The molecule has 0 spiro atoms. The van der Waals surface area contributed by atoms with Crippen molar-refractivity contribution in [1.82, 2.24) is 9.80 Å². The van der Waals surface area contributed by atoms with Gasteiger partial charge in [0.2, 0.25) is 0 Å². The number of piperazine rings is 1. The van der Waals surface area contributed by atoms with Crippen LogP contribution in [0, 0.1) is 0 Å². The number of carbonyl (C=O) groups excluding carboxylic acids is 2. The van der Waals surface area contributed by atoms with Gasteiger partial charge in [-0.2, -0.15) is 0 Å². The molecular formula is C23H30N4O2. The standard InChI is InChI=1S/C23H30N4O2/c1-4-26(5-2)23(29)19-8-6-7-18(17-19)22(28)24-20-9-11-21(12-10-20)27-15-13-25(3)14-16-27/h6-12,17H,4-5,13-16H2,1-3H3,(H,24,28). The first-order chi connectivity index (χ1) is 14.0. The third kappa shape index (κ3) is 5.15. The molecule has 2 amide bonds. The molecule has 1 aliphatic rings. The highest BCUT2D eigenvalue weighted by molar-refractivity contribution is 6.06. The Labute approximate surface area is 173 Å². The van der Waals surface area contributed by atoms with Crippen LogP contribution in [0.5, 0.6) is 0 Å². The summed E-state index contributed by atoms with van der Waals surface area (Å²) in [6, 6.07) is 14.8. The molecule has 0 radical (unpaired) electrons. The third-order valence-electron chi connectivity index (χ3n) is 5.42. The molecule has 6 heteroatoms. The van der Waals surface area contributed by atoms with E-state index in [2.05, 4.69) is 22.2 Å². The Bertz CT molecular complexity index is 838. The fraction of sp³-hybridized carbons (Fsp3) is 0.391. The monoisotopic (exact) mass is 394 g/mol. The molecule has 0 aliphatic carbocycles. The van der Waals surface area contributed by atoms with E-state index in [1.54, 1.807) is 29.2 Å². The maximum atomic E-state index is 12.7. The first-order valence-corrected chi connectivity index (χ1v) is 10.3. The van der Waals surface area contributed by atoms with Crippen LogP contribution in [0.2, 0.25) is 0 Å². The maximum Gasteiger partial charge on any atom is 0.255 e. The van der Waals surface area contributed by atoms with Crippen LogP contribution in [0.4, 0.5) is 11.4 Å². The number of nitrogens with one attached hydrogen (secondary N) is 1. The Morgan fingerprint density at radius 2 is 1.55 bits per heavy atom. The Morgan fingerprint density at radius 3 is 2.17 bits per heavy atom. The molecular weight excluding hydrogens is 364 g/mol. The minimum absolute atomic E-state index is 0.0545. The van der Waals surface area contributed by atoms with Gasteiger partial charge in [0.05, 0.1) is 0 Å². The van der Waals surface area contributed by atoms with E-state index >= 15 is 0 Å². The first-order valence-electron chi connectivity index (χ1n) is 10.3. The van der Waals surface area contributed by atoms with E-state index in [0.29, 0.717) is 24.2 Å². The lowest BCUT2D eigenvalue weighted by Crippen LogP contribution is -2.44. The fourth-order valence-electron chi connectivity index (χ4n) is 3.51. The molecule has 2 aromatic rings. The minimum Gasteiger partial charge on any atom is -0.369 e. The van der Waals surface area contributed by atoms with Crippen LogP contribution >= 0.6 is 0 Å². The molecule has 1 fully saturated rings. The summed E-state index contributed by atoms with van der Waals surface area (Å²) in [5.74, 6) is -0.271. The van der Waals surface area contributed by atoms with Crippen LogP contribution < -0.4 is 10.2 Å². The van der Waals surface area contributed by atoms with Gasteiger partial charge in [-0.25, -0.2) is 0 Å². The van der Waals surface area contributed by atoms with E-state index in [1.807, 2.05) is 38.1 Å². The highest BCUT2D eigenvalue weighted by atomic mass is 16.2. The van der Waals surface area contributed by atoms with E-state index in [0.717, 1.165) is 31.9 Å². The summed E-state index contributed by atoms with van der Waals surface area (Å²) >= 11 is 0. The van der Waals surface area contributed by atoms with Gasteiger partial charge in [-0.1, -0.05) is 6.07 Å². The Kier molecular flexibility index (Phi) is 6.88. The summed E-state index contributed by atoms with van der Waals surface area (Å²) in [6.45, 7) is 9.32. The summed E-state index contributed by atoms with van der Waals surface area (Å²) in [5.41, 5.74) is 2.93. The zero-order valence-electron chi connectivity index (χ0n) is 17.5. The van der Waals surface area contributed by atoms with Crippen molar-refractivity contribution in [2.24, 2.45) is 0 Å². The molecule has 0 unspecified atom stereocenters. The highest BCUT2D eigenvalue weighted by Gasteiger charge is 2.16. The van der Waals surface area contributed by atoms with Gasteiger partial charge < -0.3 is 20.0 Å². The number of carbonyl (C=O) groups is 2. The Hall–Kier alpha value is -2.86. The van der Waals surface area contributed by atoms with Crippen LogP contribution in [0.3, 0.4) is 0 Å². The number of hydrogen-bond donors (Lipinski definition) is 1. The van der Waals surface area contributed by atoms with Crippen LogP contribution in [-0.4, -0.2) is 67.9 Å². The Morgan fingerprint density at radius 1 is 0.931 bits per heavy atom. The fourth-order valence-corrected chi connectivity index (χ4v) is 3.51. The molecule has 154 valence electrons. The molecule has 0 bridgehead atoms. The van der Waals surface area contributed by atoms with Crippen molar-refractivity contribution in [2.45, 2.75) is 13.8 Å². The number of benzene rings is 2. The van der Waals surface area contributed by atoms with Crippen LogP contribution in [0.1, 0.15) is 34.6 Å². The van der Waals surface area contributed by atoms with Gasteiger partial charge in [-0.15, -0.1) is 0 Å². The van der Waals surface area contributed by atoms with E-state index < -0.39 is 0 Å². The molecule has 1 aliphatic heterocycles. The van der Waals surface area contributed by atoms with Crippen LogP contribution in [0.15, 0.2) is 48.5 Å². The van der Waals surface area contributed by atoms with E-state index in [-0.39, 0.29) is 11.8 Å². The summed E-state index contributed by atoms with van der Waals surface area (Å²) in [5, 5.41) is 2.93. The second-order valence-electron chi connectivity index (χ2n) is 7.35. The number of nitrogens with zero attached hydrogens (tertiary/aromatic N) is 3. The quantitative estimate of drug-likeness (QED) is 0.818. The summed E-state index contributed by atoms with van der Waals surface area (Å²) < 4.78 is 0. The van der Waals surface area contributed by atoms with Crippen molar-refractivity contribution >= 4 is 23.2 Å². The van der Waals surface area contributed by atoms with Gasteiger partial charge in [0.1, 0.15) is 0 Å².